The van der Waals surface area contributed by atoms with Crippen molar-refractivity contribution in [3.8, 4) is 0 Å². The van der Waals surface area contributed by atoms with E-state index in [-0.39, 0.29) is 5.91 Å². The molecule has 2 heterocycles. The van der Waals surface area contributed by atoms with Gasteiger partial charge in [-0.25, -0.2) is 9.97 Å². The van der Waals surface area contributed by atoms with Gasteiger partial charge in [0.25, 0.3) is 5.91 Å². The number of nitrogens with zero attached hydrogens (tertiary/aromatic N) is 4. The number of hydrogen-bond acceptors (Lipinski definition) is 5. The van der Waals surface area contributed by atoms with Crippen LogP contribution in [0.25, 0.3) is 0 Å². The van der Waals surface area contributed by atoms with Crippen LogP contribution in [0, 0.1) is 13.8 Å². The summed E-state index contributed by atoms with van der Waals surface area (Å²) >= 11 is 0. The number of anilines is 2. The summed E-state index contributed by atoms with van der Waals surface area (Å²) in [6, 6.07) is 7.65. The molecule has 0 saturated carbocycles. The van der Waals surface area contributed by atoms with Gasteiger partial charge in [0, 0.05) is 38.1 Å². The second kappa shape index (κ2) is 6.97. The van der Waals surface area contributed by atoms with Gasteiger partial charge in [-0.1, -0.05) is 12.1 Å². The first-order chi connectivity index (χ1) is 11.5. The lowest BCUT2D eigenvalue weighted by Crippen LogP contribution is -2.45. The molecule has 0 unspecified atom stereocenters. The first-order valence-corrected chi connectivity index (χ1v) is 8.18. The molecule has 0 atom stereocenters. The third-order valence-corrected chi connectivity index (χ3v) is 4.30. The van der Waals surface area contributed by atoms with Crippen molar-refractivity contribution in [2.45, 2.75) is 13.8 Å². The van der Waals surface area contributed by atoms with Gasteiger partial charge in [0.2, 0.25) is 5.95 Å². The van der Waals surface area contributed by atoms with Gasteiger partial charge in [0.15, 0.2) is 0 Å². The fourth-order valence-corrected chi connectivity index (χ4v) is 2.69. The smallest absolute Gasteiger partial charge is 0.274 e. The van der Waals surface area contributed by atoms with Crippen LogP contribution in [0.4, 0.5) is 11.6 Å². The van der Waals surface area contributed by atoms with Crippen LogP contribution in [0.2, 0.25) is 0 Å². The number of aromatic nitrogens is 2. The Bertz CT molecular complexity index is 738. The molecule has 0 spiro atoms. The molecule has 0 radical (unpaired) electrons. The highest BCUT2D eigenvalue weighted by Crippen LogP contribution is 2.18. The normalized spacial score (nSPS) is 15.4. The van der Waals surface area contributed by atoms with Crippen LogP contribution in [-0.2, 0) is 0 Å². The van der Waals surface area contributed by atoms with Crippen molar-refractivity contribution in [2.75, 3.05) is 43.4 Å². The van der Waals surface area contributed by atoms with Crippen molar-refractivity contribution in [2.24, 2.45) is 0 Å². The molecule has 3 rings (SSSR count). The minimum atomic E-state index is -0.207. The minimum absolute atomic E-state index is 0.207. The molecule has 6 nitrogen and oxygen atoms in total. The van der Waals surface area contributed by atoms with Crippen molar-refractivity contribution < 1.29 is 4.79 Å². The van der Waals surface area contributed by atoms with Gasteiger partial charge in [0.1, 0.15) is 5.69 Å². The maximum Gasteiger partial charge on any atom is 0.274 e. The molecule has 0 bridgehead atoms. The molecule has 0 aliphatic carbocycles. The van der Waals surface area contributed by atoms with Crippen molar-refractivity contribution in [1.29, 1.82) is 0 Å². The predicted molar refractivity (Wildman–Crippen MR) is 95.6 cm³/mol. The van der Waals surface area contributed by atoms with Gasteiger partial charge in [-0.3, -0.25) is 4.79 Å². The van der Waals surface area contributed by atoms with E-state index in [9.17, 15) is 4.79 Å². The summed E-state index contributed by atoms with van der Waals surface area (Å²) in [5, 5.41) is 2.95. The SMILES string of the molecule is Cc1ccc(C)c(NC(=O)c2ccnc(N3CCN(C)CC3)n2)c1. The van der Waals surface area contributed by atoms with Gasteiger partial charge in [-0.2, -0.15) is 0 Å². The number of likely N-dealkylation sites (N-methyl/N-ethyl adjacent to an activating group) is 1. The Balaban J connectivity index is 1.76. The molecule has 1 N–H and O–H groups in total. The molecule has 126 valence electrons. The molecule has 1 aliphatic rings. The summed E-state index contributed by atoms with van der Waals surface area (Å²) in [4.78, 5) is 25.7. The topological polar surface area (TPSA) is 61.4 Å². The Labute approximate surface area is 142 Å². The number of rotatable bonds is 3. The molecule has 1 aromatic heterocycles. The molecule has 1 amide bonds. The summed E-state index contributed by atoms with van der Waals surface area (Å²) < 4.78 is 0. The van der Waals surface area contributed by atoms with Crippen molar-refractivity contribution in [3.05, 3.63) is 47.3 Å². The van der Waals surface area contributed by atoms with E-state index >= 15 is 0 Å². The third-order valence-electron chi connectivity index (χ3n) is 4.30. The third kappa shape index (κ3) is 3.71. The highest BCUT2D eigenvalue weighted by Gasteiger charge is 2.18. The lowest BCUT2D eigenvalue weighted by Gasteiger charge is -2.32. The molecular weight excluding hydrogens is 302 g/mol. The number of nitrogens with one attached hydrogen (secondary N) is 1. The first-order valence-electron chi connectivity index (χ1n) is 8.18. The van der Waals surface area contributed by atoms with Crippen LogP contribution < -0.4 is 10.2 Å². The minimum Gasteiger partial charge on any atom is -0.338 e. The van der Waals surface area contributed by atoms with Gasteiger partial charge < -0.3 is 15.1 Å². The van der Waals surface area contributed by atoms with E-state index in [4.69, 9.17) is 0 Å². The van der Waals surface area contributed by atoms with Crippen LogP contribution in [0.3, 0.4) is 0 Å². The van der Waals surface area contributed by atoms with Crippen molar-refractivity contribution in [1.82, 2.24) is 14.9 Å². The molecule has 2 aromatic rings. The predicted octanol–water partition coefficient (Wildman–Crippen LogP) is 2.10. The number of piperazine rings is 1. The average Bonchev–Trinajstić information content (AvgIpc) is 2.59. The molecule has 6 heteroatoms. The zero-order valence-corrected chi connectivity index (χ0v) is 14.4. The molecule has 1 aromatic carbocycles. The van der Waals surface area contributed by atoms with E-state index in [0.717, 1.165) is 43.0 Å². The summed E-state index contributed by atoms with van der Waals surface area (Å²) in [6.45, 7) is 7.68. The number of hydrogen-bond donors (Lipinski definition) is 1. The Morgan fingerprint density at radius 2 is 1.88 bits per heavy atom. The maximum atomic E-state index is 12.5. The number of carbonyl (C=O) groups excluding carboxylic acids is 1. The maximum absolute atomic E-state index is 12.5. The van der Waals surface area contributed by atoms with Crippen molar-refractivity contribution >= 4 is 17.5 Å². The van der Waals surface area contributed by atoms with Crippen LogP contribution in [0.1, 0.15) is 21.6 Å². The quantitative estimate of drug-likeness (QED) is 0.936. The zero-order chi connectivity index (χ0) is 17.1. The van der Waals surface area contributed by atoms with E-state index in [2.05, 4.69) is 32.1 Å². The Morgan fingerprint density at radius 3 is 2.62 bits per heavy atom. The number of aryl methyl sites for hydroxylation is 2. The summed E-state index contributed by atoms with van der Waals surface area (Å²) in [5.74, 6) is 0.415. The Hall–Kier alpha value is -2.47. The summed E-state index contributed by atoms with van der Waals surface area (Å²) in [6.07, 6.45) is 1.65. The molecule has 1 saturated heterocycles. The van der Waals surface area contributed by atoms with Crippen LogP contribution in [-0.4, -0.2) is 54.0 Å². The van der Waals surface area contributed by atoms with Crippen LogP contribution >= 0.6 is 0 Å². The summed E-state index contributed by atoms with van der Waals surface area (Å²) in [7, 11) is 2.10. The second-order valence-electron chi connectivity index (χ2n) is 6.30. The largest absolute Gasteiger partial charge is 0.338 e. The van der Waals surface area contributed by atoms with E-state index in [1.165, 1.54) is 0 Å². The number of benzene rings is 1. The average molecular weight is 325 g/mol. The second-order valence-corrected chi connectivity index (χ2v) is 6.30. The van der Waals surface area contributed by atoms with Gasteiger partial charge >= 0.3 is 0 Å². The number of amides is 1. The lowest BCUT2D eigenvalue weighted by molar-refractivity contribution is 0.102. The molecule has 1 fully saturated rings. The monoisotopic (exact) mass is 325 g/mol. The van der Waals surface area contributed by atoms with Crippen LogP contribution in [0.5, 0.6) is 0 Å². The Morgan fingerprint density at radius 1 is 1.12 bits per heavy atom. The lowest BCUT2D eigenvalue weighted by atomic mass is 10.1. The van der Waals surface area contributed by atoms with Crippen LogP contribution in [0.15, 0.2) is 30.5 Å². The van der Waals surface area contributed by atoms with E-state index in [1.807, 2.05) is 32.0 Å². The zero-order valence-electron chi connectivity index (χ0n) is 14.4. The van der Waals surface area contributed by atoms with Crippen molar-refractivity contribution in [3.63, 3.8) is 0 Å². The fourth-order valence-electron chi connectivity index (χ4n) is 2.69. The Kier molecular flexibility index (Phi) is 4.76. The van der Waals surface area contributed by atoms with Gasteiger partial charge in [-0.05, 0) is 44.2 Å². The van der Waals surface area contributed by atoms with E-state index in [0.29, 0.717) is 11.6 Å². The molecular formula is C18H23N5O. The molecule has 1 aliphatic heterocycles. The standard InChI is InChI=1S/C18H23N5O/c1-13-4-5-14(2)16(12-13)20-17(24)15-6-7-19-18(21-15)23-10-8-22(3)9-11-23/h4-7,12H,8-11H2,1-3H3,(H,20,24). The van der Waals surface area contributed by atoms with E-state index < -0.39 is 0 Å². The van der Waals surface area contributed by atoms with Gasteiger partial charge in [0.05, 0.1) is 0 Å². The summed E-state index contributed by atoms with van der Waals surface area (Å²) in [5.41, 5.74) is 3.35. The highest BCUT2D eigenvalue weighted by atomic mass is 16.1. The van der Waals surface area contributed by atoms with Gasteiger partial charge in [-0.15, -0.1) is 0 Å². The number of carbonyl (C=O) groups is 1. The van der Waals surface area contributed by atoms with E-state index in [1.54, 1.807) is 12.3 Å². The molecule has 24 heavy (non-hydrogen) atoms. The first kappa shape index (κ1) is 16.4. The highest BCUT2D eigenvalue weighted by molar-refractivity contribution is 6.03. The fraction of sp³-hybridized carbons (Fsp3) is 0.389.